The Hall–Kier alpha value is -3.73. The molecule has 0 radical (unpaired) electrons. The minimum atomic E-state index is -2.70. The van der Waals surface area contributed by atoms with Gasteiger partial charge in [-0.15, -0.1) is 0 Å². The molecule has 1 fully saturated rings. The van der Waals surface area contributed by atoms with Crippen molar-refractivity contribution < 1.29 is 23.4 Å². The summed E-state index contributed by atoms with van der Waals surface area (Å²) in [5.41, 5.74) is 2.07. The van der Waals surface area contributed by atoms with E-state index in [1.54, 1.807) is 16.7 Å². The molecule has 0 spiro atoms. The van der Waals surface area contributed by atoms with E-state index in [4.69, 9.17) is 21.3 Å². The molecule has 5 rings (SSSR count). The van der Waals surface area contributed by atoms with Crippen molar-refractivity contribution in [2.75, 3.05) is 30.4 Å². The number of aromatic nitrogens is 4. The summed E-state index contributed by atoms with van der Waals surface area (Å²) < 4.78 is 34.8. The third-order valence-electron chi connectivity index (χ3n) is 6.31. The Balaban J connectivity index is 1.62. The largest absolute Gasteiger partial charge is 0.480 e. The molecule has 36 heavy (non-hydrogen) atoms. The second-order valence-electron chi connectivity index (χ2n) is 8.68. The van der Waals surface area contributed by atoms with E-state index in [2.05, 4.69) is 15.3 Å². The molecular formula is C24H23ClF2N6O3. The number of alkyl halides is 2. The maximum absolute atomic E-state index is 13.9. The van der Waals surface area contributed by atoms with Crippen LogP contribution in [-0.2, 0) is 0 Å². The van der Waals surface area contributed by atoms with Crippen LogP contribution in [0.3, 0.4) is 0 Å². The first-order chi connectivity index (χ1) is 17.2. The van der Waals surface area contributed by atoms with Crippen molar-refractivity contribution in [3.63, 3.8) is 0 Å². The van der Waals surface area contributed by atoms with E-state index in [0.29, 0.717) is 28.7 Å². The molecule has 0 aliphatic carbocycles. The van der Waals surface area contributed by atoms with E-state index in [-0.39, 0.29) is 42.8 Å². The van der Waals surface area contributed by atoms with Gasteiger partial charge in [-0.3, -0.25) is 4.40 Å². The van der Waals surface area contributed by atoms with Crippen LogP contribution in [0.25, 0.3) is 16.6 Å². The summed E-state index contributed by atoms with van der Waals surface area (Å²) in [4.78, 5) is 26.9. The Morgan fingerprint density at radius 3 is 2.64 bits per heavy atom. The number of anilines is 2. The Bertz CT molecular complexity index is 1470. The number of imidazole rings is 1. The highest BCUT2D eigenvalue weighted by molar-refractivity contribution is 6.29. The number of pyridine rings is 1. The first-order valence-electron chi connectivity index (χ1n) is 11.3. The third kappa shape index (κ3) is 4.34. The standard InChI is InChI=1S/C24H23ClF2N6O3/c1-13(28-16-6-7-17(25)29-20(16)22(34)35)14-4-3-5-15-19(14)31-23(32-10-8-24(26,27)9-11-32)33-12-18(36-2)30-21(15)33/h3-7,12-13,28H,8-11H2,1-2H3,(H,34,35)/t13-/m1/s1. The summed E-state index contributed by atoms with van der Waals surface area (Å²) >= 11 is 5.89. The van der Waals surface area contributed by atoms with Crippen LogP contribution in [0.4, 0.5) is 20.4 Å². The molecule has 0 bridgehead atoms. The van der Waals surface area contributed by atoms with Crippen LogP contribution in [-0.4, -0.2) is 56.6 Å². The first-order valence-corrected chi connectivity index (χ1v) is 11.7. The number of methoxy groups -OCH3 is 1. The number of nitrogens with one attached hydrogen (secondary N) is 1. The lowest BCUT2D eigenvalue weighted by Crippen LogP contribution is -2.40. The molecule has 1 aromatic carbocycles. The third-order valence-corrected chi connectivity index (χ3v) is 6.52. The van der Waals surface area contributed by atoms with Crippen molar-refractivity contribution in [1.82, 2.24) is 19.4 Å². The van der Waals surface area contributed by atoms with Crippen molar-refractivity contribution in [1.29, 1.82) is 0 Å². The van der Waals surface area contributed by atoms with Gasteiger partial charge in [-0.2, -0.15) is 4.98 Å². The number of para-hydroxylation sites is 1. The quantitative estimate of drug-likeness (QED) is 0.343. The molecule has 188 valence electrons. The summed E-state index contributed by atoms with van der Waals surface area (Å²) in [5.74, 6) is -3.04. The number of halogens is 3. The summed E-state index contributed by atoms with van der Waals surface area (Å²) in [7, 11) is 1.51. The van der Waals surface area contributed by atoms with Crippen molar-refractivity contribution in [3.05, 3.63) is 52.9 Å². The number of hydrogen-bond donors (Lipinski definition) is 2. The van der Waals surface area contributed by atoms with Gasteiger partial charge in [0.25, 0.3) is 5.92 Å². The number of carboxylic acid groups (broad SMARTS) is 1. The molecule has 1 saturated heterocycles. The summed E-state index contributed by atoms with van der Waals surface area (Å²) in [6.45, 7) is 2.17. The lowest BCUT2D eigenvalue weighted by molar-refractivity contribution is -0.0222. The van der Waals surface area contributed by atoms with E-state index in [1.165, 1.54) is 13.2 Å². The fraction of sp³-hybridized carbons (Fsp3) is 0.333. The highest BCUT2D eigenvalue weighted by Gasteiger charge is 2.35. The number of ether oxygens (including phenoxy) is 1. The summed E-state index contributed by atoms with van der Waals surface area (Å²) in [6.07, 6.45) is 1.17. The Morgan fingerprint density at radius 1 is 1.19 bits per heavy atom. The number of benzene rings is 1. The molecule has 1 aliphatic rings. The maximum atomic E-state index is 13.9. The lowest BCUT2D eigenvalue weighted by atomic mass is 10.0. The van der Waals surface area contributed by atoms with Crippen LogP contribution in [0.1, 0.15) is 41.9 Å². The Kier molecular flexibility index (Phi) is 6.03. The highest BCUT2D eigenvalue weighted by Crippen LogP contribution is 2.35. The summed E-state index contributed by atoms with van der Waals surface area (Å²) in [5, 5.41) is 13.6. The number of piperidine rings is 1. The average molecular weight is 517 g/mol. The molecular weight excluding hydrogens is 494 g/mol. The number of carboxylic acids is 1. The average Bonchev–Trinajstić information content (AvgIpc) is 3.29. The van der Waals surface area contributed by atoms with E-state index in [0.717, 1.165) is 10.9 Å². The van der Waals surface area contributed by atoms with Gasteiger partial charge in [-0.05, 0) is 25.1 Å². The van der Waals surface area contributed by atoms with Gasteiger partial charge in [0, 0.05) is 36.9 Å². The van der Waals surface area contributed by atoms with Crippen LogP contribution in [0, 0.1) is 0 Å². The van der Waals surface area contributed by atoms with Gasteiger partial charge in [0.1, 0.15) is 5.15 Å². The topological polar surface area (TPSA) is 105 Å². The van der Waals surface area contributed by atoms with Crippen LogP contribution in [0.2, 0.25) is 5.15 Å². The highest BCUT2D eigenvalue weighted by atomic mass is 35.5. The Morgan fingerprint density at radius 2 is 1.94 bits per heavy atom. The van der Waals surface area contributed by atoms with Crippen molar-refractivity contribution >= 4 is 45.8 Å². The molecule has 0 unspecified atom stereocenters. The van der Waals surface area contributed by atoms with Crippen LogP contribution in [0.15, 0.2) is 36.5 Å². The number of rotatable bonds is 6. The minimum absolute atomic E-state index is 0.0739. The molecule has 1 atom stereocenters. The van der Waals surface area contributed by atoms with E-state index < -0.39 is 11.9 Å². The zero-order valence-electron chi connectivity index (χ0n) is 19.5. The van der Waals surface area contributed by atoms with Gasteiger partial charge in [-0.1, -0.05) is 23.7 Å². The Labute approximate surface area is 209 Å². The van der Waals surface area contributed by atoms with Crippen LogP contribution in [0.5, 0.6) is 5.88 Å². The van der Waals surface area contributed by atoms with Gasteiger partial charge < -0.3 is 20.1 Å². The number of fused-ring (bicyclic) bond motifs is 3. The molecule has 0 amide bonds. The smallest absolute Gasteiger partial charge is 0.356 e. The van der Waals surface area contributed by atoms with Crippen LogP contribution >= 0.6 is 11.6 Å². The predicted octanol–water partition coefficient (Wildman–Crippen LogP) is 5.05. The SMILES string of the molecule is COc1cn2c(N3CCC(F)(F)CC3)nc3c([C@@H](C)Nc4ccc(Cl)nc4C(=O)O)cccc3c2n1. The van der Waals surface area contributed by atoms with E-state index in [1.807, 2.05) is 30.0 Å². The van der Waals surface area contributed by atoms with Gasteiger partial charge >= 0.3 is 5.97 Å². The van der Waals surface area contributed by atoms with Crippen molar-refractivity contribution in [3.8, 4) is 5.88 Å². The second-order valence-corrected chi connectivity index (χ2v) is 9.06. The van der Waals surface area contributed by atoms with E-state index >= 15 is 0 Å². The molecule has 2 N–H and O–H groups in total. The van der Waals surface area contributed by atoms with Gasteiger partial charge in [0.05, 0.1) is 30.6 Å². The molecule has 4 heterocycles. The minimum Gasteiger partial charge on any atom is -0.480 e. The predicted molar refractivity (Wildman–Crippen MR) is 132 cm³/mol. The van der Waals surface area contributed by atoms with Crippen molar-refractivity contribution in [2.45, 2.75) is 31.7 Å². The number of nitrogens with zero attached hydrogens (tertiary/aromatic N) is 5. The monoisotopic (exact) mass is 516 g/mol. The molecule has 9 nitrogen and oxygen atoms in total. The fourth-order valence-corrected chi connectivity index (χ4v) is 4.60. The first kappa shape index (κ1) is 24.0. The molecule has 12 heteroatoms. The number of carbonyl (C=O) groups is 1. The zero-order chi connectivity index (χ0) is 25.6. The zero-order valence-corrected chi connectivity index (χ0v) is 20.3. The van der Waals surface area contributed by atoms with Gasteiger partial charge in [0.15, 0.2) is 11.3 Å². The molecule has 3 aromatic heterocycles. The van der Waals surface area contributed by atoms with E-state index in [9.17, 15) is 18.7 Å². The lowest BCUT2D eigenvalue weighted by Gasteiger charge is -2.33. The van der Waals surface area contributed by atoms with Gasteiger partial charge in [-0.25, -0.2) is 23.5 Å². The van der Waals surface area contributed by atoms with Crippen molar-refractivity contribution in [2.24, 2.45) is 0 Å². The van der Waals surface area contributed by atoms with Gasteiger partial charge in [0.2, 0.25) is 11.8 Å². The molecule has 4 aromatic rings. The second kappa shape index (κ2) is 9.05. The maximum Gasteiger partial charge on any atom is 0.356 e. The summed E-state index contributed by atoms with van der Waals surface area (Å²) in [6, 6.07) is 8.29. The molecule has 0 saturated carbocycles. The molecule has 1 aliphatic heterocycles. The number of hydrogen-bond acceptors (Lipinski definition) is 7. The number of aromatic carboxylic acids is 1. The fourth-order valence-electron chi connectivity index (χ4n) is 4.45. The normalized spacial score (nSPS) is 16.3. The van der Waals surface area contributed by atoms with Crippen LogP contribution < -0.4 is 15.0 Å².